The zero-order valence-electron chi connectivity index (χ0n) is 11.2. The van der Waals surface area contributed by atoms with E-state index in [1.165, 1.54) is 31.2 Å². The highest BCUT2D eigenvalue weighted by Gasteiger charge is 2.17. The van der Waals surface area contributed by atoms with E-state index in [2.05, 4.69) is 46.0 Å². The maximum atomic E-state index is 3.93. The van der Waals surface area contributed by atoms with Crippen LogP contribution in [0.2, 0.25) is 0 Å². The first-order valence-corrected chi connectivity index (χ1v) is 6.92. The third kappa shape index (κ3) is 2.81. The molecule has 1 unspecified atom stereocenters. The minimum Gasteiger partial charge on any atom is -0.307 e. The molecule has 1 aliphatic rings. The summed E-state index contributed by atoms with van der Waals surface area (Å²) < 4.78 is 1.69. The highest BCUT2D eigenvalue weighted by molar-refractivity contribution is 5.35. The summed E-state index contributed by atoms with van der Waals surface area (Å²) >= 11 is 0. The lowest BCUT2D eigenvalue weighted by molar-refractivity contribution is 0.461. The maximum absolute atomic E-state index is 3.93. The van der Waals surface area contributed by atoms with Gasteiger partial charge in [-0.3, -0.25) is 0 Å². The number of tetrazole rings is 1. The largest absolute Gasteiger partial charge is 0.307 e. The minimum absolute atomic E-state index is 0.361. The van der Waals surface area contributed by atoms with E-state index in [0.717, 1.165) is 5.69 Å². The minimum atomic E-state index is 0.361. The second-order valence-electron chi connectivity index (χ2n) is 5.22. The highest BCUT2D eigenvalue weighted by Crippen LogP contribution is 2.22. The Morgan fingerprint density at radius 1 is 1.32 bits per heavy atom. The molecule has 1 atom stereocenters. The molecule has 0 radical (unpaired) electrons. The van der Waals surface area contributed by atoms with Crippen LogP contribution in [0.4, 0.5) is 0 Å². The van der Waals surface area contributed by atoms with Gasteiger partial charge in [-0.2, -0.15) is 0 Å². The molecular formula is C14H19N5. The summed E-state index contributed by atoms with van der Waals surface area (Å²) in [7, 11) is 0. The second-order valence-corrected chi connectivity index (χ2v) is 5.22. The Morgan fingerprint density at radius 2 is 2.16 bits per heavy atom. The van der Waals surface area contributed by atoms with Crippen molar-refractivity contribution in [2.24, 2.45) is 0 Å². The monoisotopic (exact) mass is 257 g/mol. The Bertz CT molecular complexity index is 516. The Hall–Kier alpha value is -1.75. The number of aromatic nitrogens is 4. The predicted octanol–water partition coefficient (Wildman–Crippen LogP) is 2.26. The van der Waals surface area contributed by atoms with E-state index in [9.17, 15) is 0 Å². The molecule has 100 valence electrons. The quantitative estimate of drug-likeness (QED) is 0.912. The third-order valence-corrected chi connectivity index (χ3v) is 3.82. The third-order valence-electron chi connectivity index (χ3n) is 3.82. The van der Waals surface area contributed by atoms with E-state index in [0.29, 0.717) is 12.1 Å². The number of nitrogens with zero attached hydrogens (tertiary/aromatic N) is 4. The van der Waals surface area contributed by atoms with Gasteiger partial charge in [0.1, 0.15) is 6.33 Å². The average Bonchev–Trinajstić information content (AvgIpc) is 3.12. The summed E-state index contributed by atoms with van der Waals surface area (Å²) in [6, 6.07) is 9.40. The van der Waals surface area contributed by atoms with Crippen molar-refractivity contribution in [2.45, 2.75) is 44.7 Å². The molecule has 3 rings (SSSR count). The van der Waals surface area contributed by atoms with Crippen LogP contribution in [-0.4, -0.2) is 26.2 Å². The van der Waals surface area contributed by atoms with Crippen LogP contribution in [0.3, 0.4) is 0 Å². The van der Waals surface area contributed by atoms with Crippen molar-refractivity contribution in [1.82, 2.24) is 25.5 Å². The van der Waals surface area contributed by atoms with E-state index in [-0.39, 0.29) is 0 Å². The topological polar surface area (TPSA) is 55.6 Å². The molecule has 0 bridgehead atoms. The van der Waals surface area contributed by atoms with E-state index in [4.69, 9.17) is 0 Å². The molecule has 1 heterocycles. The first kappa shape index (κ1) is 12.3. The van der Waals surface area contributed by atoms with Crippen molar-refractivity contribution in [1.29, 1.82) is 0 Å². The molecule has 1 saturated carbocycles. The van der Waals surface area contributed by atoms with Crippen molar-refractivity contribution in [3.8, 4) is 5.69 Å². The normalized spacial score (nSPS) is 17.7. The number of rotatable bonds is 4. The van der Waals surface area contributed by atoms with Crippen LogP contribution in [0.25, 0.3) is 5.69 Å². The van der Waals surface area contributed by atoms with E-state index in [1.54, 1.807) is 11.0 Å². The van der Waals surface area contributed by atoms with Crippen LogP contribution in [0.1, 0.15) is 44.2 Å². The Balaban J connectivity index is 1.75. The number of hydrogen-bond acceptors (Lipinski definition) is 4. The van der Waals surface area contributed by atoms with Crippen LogP contribution in [-0.2, 0) is 0 Å². The summed E-state index contributed by atoms with van der Waals surface area (Å²) in [5.74, 6) is 0. The molecule has 5 nitrogen and oxygen atoms in total. The molecule has 0 amide bonds. The van der Waals surface area contributed by atoms with Gasteiger partial charge in [-0.25, -0.2) is 4.68 Å². The van der Waals surface area contributed by atoms with Crippen LogP contribution in [0.5, 0.6) is 0 Å². The molecule has 2 aromatic rings. The second kappa shape index (κ2) is 5.48. The summed E-state index contributed by atoms with van der Waals surface area (Å²) in [6.45, 7) is 2.22. The number of hydrogen-bond donors (Lipinski definition) is 1. The fraction of sp³-hybridized carbons (Fsp3) is 0.500. The fourth-order valence-corrected chi connectivity index (χ4v) is 2.76. The van der Waals surface area contributed by atoms with Gasteiger partial charge < -0.3 is 5.32 Å². The lowest BCUT2D eigenvalue weighted by atomic mass is 10.1. The summed E-state index contributed by atoms with van der Waals surface area (Å²) in [6.07, 6.45) is 6.94. The van der Waals surface area contributed by atoms with Gasteiger partial charge in [0.05, 0.1) is 5.69 Å². The molecule has 1 N–H and O–H groups in total. The summed E-state index contributed by atoms with van der Waals surface area (Å²) in [5, 5.41) is 15.0. The summed E-state index contributed by atoms with van der Waals surface area (Å²) in [4.78, 5) is 0. The Morgan fingerprint density at radius 3 is 2.89 bits per heavy atom. The summed E-state index contributed by atoms with van der Waals surface area (Å²) in [5.41, 5.74) is 2.28. The zero-order valence-corrected chi connectivity index (χ0v) is 11.2. The van der Waals surface area contributed by atoms with E-state index < -0.39 is 0 Å². The highest BCUT2D eigenvalue weighted by atomic mass is 15.5. The number of nitrogens with one attached hydrogen (secondary N) is 1. The van der Waals surface area contributed by atoms with Gasteiger partial charge in [-0.15, -0.1) is 5.10 Å². The lowest BCUT2D eigenvalue weighted by Crippen LogP contribution is -2.28. The molecule has 19 heavy (non-hydrogen) atoms. The molecule has 1 aliphatic carbocycles. The zero-order chi connectivity index (χ0) is 13.1. The number of benzene rings is 1. The molecule has 1 aromatic heterocycles. The van der Waals surface area contributed by atoms with E-state index >= 15 is 0 Å². The molecular weight excluding hydrogens is 238 g/mol. The van der Waals surface area contributed by atoms with Gasteiger partial charge in [-0.1, -0.05) is 25.0 Å². The van der Waals surface area contributed by atoms with Crippen molar-refractivity contribution < 1.29 is 0 Å². The fourth-order valence-electron chi connectivity index (χ4n) is 2.76. The SMILES string of the molecule is CC(NC1CCCC1)c1cccc(-n2cnnn2)c1. The van der Waals surface area contributed by atoms with Crippen LogP contribution >= 0.6 is 0 Å². The Kier molecular flexibility index (Phi) is 3.55. The van der Waals surface area contributed by atoms with Gasteiger partial charge in [0.25, 0.3) is 0 Å². The van der Waals surface area contributed by atoms with Gasteiger partial charge >= 0.3 is 0 Å². The molecule has 1 aromatic carbocycles. The van der Waals surface area contributed by atoms with Gasteiger partial charge in [0.2, 0.25) is 0 Å². The molecule has 0 aliphatic heterocycles. The average molecular weight is 257 g/mol. The van der Waals surface area contributed by atoms with Gasteiger partial charge in [-0.05, 0) is 47.9 Å². The first-order valence-electron chi connectivity index (χ1n) is 6.92. The lowest BCUT2D eigenvalue weighted by Gasteiger charge is -2.20. The van der Waals surface area contributed by atoms with Crippen LogP contribution in [0, 0.1) is 0 Å². The van der Waals surface area contributed by atoms with Gasteiger partial charge in [0, 0.05) is 12.1 Å². The first-order chi connectivity index (χ1) is 9.33. The van der Waals surface area contributed by atoms with Crippen molar-refractivity contribution in [2.75, 3.05) is 0 Å². The molecule has 0 spiro atoms. The van der Waals surface area contributed by atoms with Crippen molar-refractivity contribution >= 4 is 0 Å². The maximum Gasteiger partial charge on any atom is 0.143 e. The smallest absolute Gasteiger partial charge is 0.143 e. The predicted molar refractivity (Wildman–Crippen MR) is 73.0 cm³/mol. The van der Waals surface area contributed by atoms with Crippen molar-refractivity contribution in [3.05, 3.63) is 36.2 Å². The molecule has 5 heteroatoms. The standard InChI is InChI=1S/C14H19N5/c1-11(16-13-6-2-3-7-13)12-5-4-8-14(9-12)19-10-15-17-18-19/h4-5,8-11,13,16H,2-3,6-7H2,1H3. The van der Waals surface area contributed by atoms with E-state index in [1.807, 2.05) is 6.07 Å². The molecule has 0 saturated heterocycles. The van der Waals surface area contributed by atoms with Gasteiger partial charge in [0.15, 0.2) is 0 Å². The van der Waals surface area contributed by atoms with Crippen LogP contribution in [0.15, 0.2) is 30.6 Å². The Labute approximate surface area is 113 Å². The van der Waals surface area contributed by atoms with Crippen LogP contribution < -0.4 is 5.32 Å². The molecule has 1 fully saturated rings. The van der Waals surface area contributed by atoms with Crippen molar-refractivity contribution in [3.63, 3.8) is 0 Å².